The van der Waals surface area contributed by atoms with Gasteiger partial charge in [0.2, 0.25) is 5.91 Å². The van der Waals surface area contributed by atoms with Crippen molar-refractivity contribution in [3.63, 3.8) is 0 Å². The average Bonchev–Trinajstić information content (AvgIpc) is 3.10. The SMILES string of the molecule is CC(NC(=O)Cc1ccc(-n2cnnn2)cc1)c1ccc(Cl)cc1. The van der Waals surface area contributed by atoms with Crippen LogP contribution in [0.5, 0.6) is 0 Å². The lowest BCUT2D eigenvalue weighted by molar-refractivity contribution is -0.121. The number of nitrogens with one attached hydrogen (secondary N) is 1. The monoisotopic (exact) mass is 341 g/mol. The first-order chi connectivity index (χ1) is 11.6. The summed E-state index contributed by atoms with van der Waals surface area (Å²) in [6, 6.07) is 14.9. The summed E-state index contributed by atoms with van der Waals surface area (Å²) in [7, 11) is 0. The van der Waals surface area contributed by atoms with Crippen LogP contribution in [0.1, 0.15) is 24.1 Å². The van der Waals surface area contributed by atoms with Crippen LogP contribution in [0.2, 0.25) is 5.02 Å². The van der Waals surface area contributed by atoms with Crippen LogP contribution in [-0.4, -0.2) is 26.1 Å². The number of hydrogen-bond donors (Lipinski definition) is 1. The van der Waals surface area contributed by atoms with Crippen LogP contribution in [0, 0.1) is 0 Å². The Bertz CT molecular complexity index is 800. The minimum Gasteiger partial charge on any atom is -0.349 e. The number of carbonyl (C=O) groups excluding carboxylic acids is 1. The van der Waals surface area contributed by atoms with E-state index in [-0.39, 0.29) is 11.9 Å². The molecule has 7 heteroatoms. The molecular formula is C17H16ClN5O. The van der Waals surface area contributed by atoms with Crippen LogP contribution < -0.4 is 5.32 Å². The fourth-order valence-electron chi connectivity index (χ4n) is 2.36. The molecule has 0 aliphatic rings. The highest BCUT2D eigenvalue weighted by Gasteiger charge is 2.10. The summed E-state index contributed by atoms with van der Waals surface area (Å²) in [5.41, 5.74) is 2.79. The Morgan fingerprint density at radius 3 is 2.50 bits per heavy atom. The van der Waals surface area contributed by atoms with Gasteiger partial charge >= 0.3 is 0 Å². The molecule has 1 N–H and O–H groups in total. The Kier molecular flexibility index (Phi) is 4.86. The summed E-state index contributed by atoms with van der Waals surface area (Å²) in [6.07, 6.45) is 1.84. The molecule has 122 valence electrons. The molecule has 6 nitrogen and oxygen atoms in total. The van der Waals surface area contributed by atoms with Crippen molar-refractivity contribution in [2.75, 3.05) is 0 Å². The van der Waals surface area contributed by atoms with E-state index in [1.54, 1.807) is 4.68 Å². The molecule has 2 aromatic carbocycles. The van der Waals surface area contributed by atoms with Crippen LogP contribution >= 0.6 is 11.6 Å². The topological polar surface area (TPSA) is 72.7 Å². The first-order valence-electron chi connectivity index (χ1n) is 7.49. The summed E-state index contributed by atoms with van der Waals surface area (Å²) < 4.78 is 1.56. The number of hydrogen-bond acceptors (Lipinski definition) is 4. The van der Waals surface area contributed by atoms with E-state index >= 15 is 0 Å². The van der Waals surface area contributed by atoms with Crippen molar-refractivity contribution in [1.29, 1.82) is 0 Å². The number of amides is 1. The maximum atomic E-state index is 12.2. The van der Waals surface area contributed by atoms with Crippen LogP contribution in [0.15, 0.2) is 54.9 Å². The van der Waals surface area contributed by atoms with Gasteiger partial charge in [0, 0.05) is 5.02 Å². The molecule has 3 rings (SSSR count). The first kappa shape index (κ1) is 16.1. The van der Waals surface area contributed by atoms with Gasteiger partial charge in [-0.1, -0.05) is 35.9 Å². The third-order valence-corrected chi connectivity index (χ3v) is 3.91. The normalized spacial score (nSPS) is 11.9. The van der Waals surface area contributed by atoms with E-state index in [1.165, 1.54) is 6.33 Å². The quantitative estimate of drug-likeness (QED) is 0.774. The molecule has 0 aliphatic heterocycles. The first-order valence-corrected chi connectivity index (χ1v) is 7.87. The van der Waals surface area contributed by atoms with Gasteiger partial charge in [-0.2, -0.15) is 0 Å². The Morgan fingerprint density at radius 1 is 1.17 bits per heavy atom. The minimum atomic E-state index is -0.0738. The standard InChI is InChI=1S/C17H16ClN5O/c1-12(14-4-6-15(18)7-5-14)20-17(24)10-13-2-8-16(9-3-13)23-11-19-21-22-23/h2-9,11-12H,10H2,1H3,(H,20,24). The van der Waals surface area contributed by atoms with E-state index in [0.717, 1.165) is 16.8 Å². The van der Waals surface area contributed by atoms with Crippen molar-refractivity contribution < 1.29 is 4.79 Å². The molecule has 1 amide bonds. The Balaban J connectivity index is 1.59. The molecule has 0 saturated carbocycles. The van der Waals surface area contributed by atoms with Gasteiger partial charge in [0.15, 0.2) is 0 Å². The van der Waals surface area contributed by atoms with Gasteiger partial charge in [-0.25, -0.2) is 4.68 Å². The van der Waals surface area contributed by atoms with Crippen molar-refractivity contribution in [2.24, 2.45) is 0 Å². The van der Waals surface area contributed by atoms with E-state index in [9.17, 15) is 4.79 Å². The van der Waals surface area contributed by atoms with Crippen LogP contribution in [-0.2, 0) is 11.2 Å². The minimum absolute atomic E-state index is 0.0346. The lowest BCUT2D eigenvalue weighted by atomic mass is 10.1. The summed E-state index contributed by atoms with van der Waals surface area (Å²) in [5.74, 6) is -0.0346. The third-order valence-electron chi connectivity index (χ3n) is 3.66. The van der Waals surface area contributed by atoms with Gasteiger partial charge in [-0.05, 0) is 52.7 Å². The molecule has 24 heavy (non-hydrogen) atoms. The highest BCUT2D eigenvalue weighted by molar-refractivity contribution is 6.30. The maximum absolute atomic E-state index is 12.2. The smallest absolute Gasteiger partial charge is 0.224 e. The molecular weight excluding hydrogens is 326 g/mol. The Morgan fingerprint density at radius 2 is 1.88 bits per heavy atom. The lowest BCUT2D eigenvalue weighted by Gasteiger charge is -2.14. The largest absolute Gasteiger partial charge is 0.349 e. The van der Waals surface area contributed by atoms with Gasteiger partial charge in [0.05, 0.1) is 18.2 Å². The molecule has 1 unspecified atom stereocenters. The van der Waals surface area contributed by atoms with Crippen molar-refractivity contribution in [3.8, 4) is 5.69 Å². The van der Waals surface area contributed by atoms with Crippen molar-refractivity contribution in [1.82, 2.24) is 25.5 Å². The predicted molar refractivity (Wildman–Crippen MR) is 90.9 cm³/mol. The number of benzene rings is 2. The number of rotatable bonds is 5. The molecule has 1 atom stereocenters. The highest BCUT2D eigenvalue weighted by Crippen LogP contribution is 2.16. The fraction of sp³-hybridized carbons (Fsp3) is 0.176. The van der Waals surface area contributed by atoms with Gasteiger partial charge in [-0.15, -0.1) is 5.10 Å². The Labute approximate surface area is 144 Å². The molecule has 3 aromatic rings. The van der Waals surface area contributed by atoms with Crippen molar-refractivity contribution in [2.45, 2.75) is 19.4 Å². The summed E-state index contributed by atoms with van der Waals surface area (Å²) in [5, 5.41) is 14.7. The van der Waals surface area contributed by atoms with Crippen molar-refractivity contribution in [3.05, 3.63) is 71.0 Å². The molecule has 0 fully saturated rings. The van der Waals surface area contributed by atoms with Gasteiger partial charge in [-0.3, -0.25) is 4.79 Å². The maximum Gasteiger partial charge on any atom is 0.224 e. The predicted octanol–water partition coefficient (Wildman–Crippen LogP) is 2.74. The lowest BCUT2D eigenvalue weighted by Crippen LogP contribution is -2.28. The molecule has 0 aliphatic carbocycles. The van der Waals surface area contributed by atoms with Gasteiger partial charge in [0.25, 0.3) is 0 Å². The molecule has 1 heterocycles. The molecule has 0 bridgehead atoms. The van der Waals surface area contributed by atoms with E-state index in [0.29, 0.717) is 11.4 Å². The van der Waals surface area contributed by atoms with Crippen LogP contribution in [0.4, 0.5) is 0 Å². The summed E-state index contributed by atoms with van der Waals surface area (Å²) in [4.78, 5) is 12.2. The van der Waals surface area contributed by atoms with E-state index in [2.05, 4.69) is 20.8 Å². The third kappa shape index (κ3) is 3.97. The summed E-state index contributed by atoms with van der Waals surface area (Å²) >= 11 is 5.88. The van der Waals surface area contributed by atoms with Crippen LogP contribution in [0.3, 0.4) is 0 Å². The number of halogens is 1. The average molecular weight is 342 g/mol. The zero-order valence-corrected chi connectivity index (χ0v) is 13.8. The second-order valence-corrected chi connectivity index (χ2v) is 5.87. The number of aromatic nitrogens is 4. The highest BCUT2D eigenvalue weighted by atomic mass is 35.5. The van der Waals surface area contributed by atoms with E-state index in [1.807, 2.05) is 55.5 Å². The number of tetrazole rings is 1. The molecule has 0 spiro atoms. The number of carbonyl (C=O) groups is 1. The second kappa shape index (κ2) is 7.23. The van der Waals surface area contributed by atoms with Gasteiger partial charge in [0.1, 0.15) is 6.33 Å². The number of nitrogens with zero attached hydrogens (tertiary/aromatic N) is 4. The van der Waals surface area contributed by atoms with E-state index < -0.39 is 0 Å². The van der Waals surface area contributed by atoms with Gasteiger partial charge < -0.3 is 5.32 Å². The molecule has 1 aromatic heterocycles. The summed E-state index contributed by atoms with van der Waals surface area (Å²) in [6.45, 7) is 1.95. The Hall–Kier alpha value is -2.73. The fourth-order valence-corrected chi connectivity index (χ4v) is 2.48. The molecule has 0 radical (unpaired) electrons. The van der Waals surface area contributed by atoms with Crippen LogP contribution in [0.25, 0.3) is 5.69 Å². The molecule has 0 saturated heterocycles. The van der Waals surface area contributed by atoms with E-state index in [4.69, 9.17) is 11.6 Å². The zero-order valence-electron chi connectivity index (χ0n) is 13.1. The zero-order chi connectivity index (χ0) is 16.9. The second-order valence-electron chi connectivity index (χ2n) is 5.44. The van der Waals surface area contributed by atoms with Crippen molar-refractivity contribution >= 4 is 17.5 Å².